The van der Waals surface area contributed by atoms with Gasteiger partial charge in [0.05, 0.1) is 6.10 Å². The van der Waals surface area contributed by atoms with Crippen molar-refractivity contribution in [2.75, 3.05) is 20.2 Å². The molecule has 1 aliphatic carbocycles. The van der Waals surface area contributed by atoms with Crippen LogP contribution in [0, 0.1) is 5.92 Å². The predicted molar refractivity (Wildman–Crippen MR) is 49.7 cm³/mol. The number of hydrogen-bond donors (Lipinski definition) is 0. The van der Waals surface area contributed by atoms with Crippen LogP contribution in [0.1, 0.15) is 19.3 Å². The number of carbonyl (C=O) groups excluding carboxylic acids is 1. The van der Waals surface area contributed by atoms with Crippen molar-refractivity contribution in [3.63, 3.8) is 0 Å². The van der Waals surface area contributed by atoms with Crippen molar-refractivity contribution in [1.29, 1.82) is 0 Å². The second kappa shape index (κ2) is 3.70. The molecular formula is C10H15F2NO2. The number of ether oxygens (including phenoxy) is 1. The van der Waals surface area contributed by atoms with Crippen molar-refractivity contribution in [1.82, 2.24) is 4.90 Å². The Morgan fingerprint density at radius 2 is 2.27 bits per heavy atom. The zero-order valence-corrected chi connectivity index (χ0v) is 8.71. The van der Waals surface area contributed by atoms with Crippen molar-refractivity contribution < 1.29 is 18.3 Å². The molecule has 15 heavy (non-hydrogen) atoms. The summed E-state index contributed by atoms with van der Waals surface area (Å²) in [4.78, 5) is 12.9. The molecule has 0 bridgehead atoms. The molecule has 1 heterocycles. The van der Waals surface area contributed by atoms with Crippen LogP contribution in [0.15, 0.2) is 0 Å². The Bertz CT molecular complexity index is 264. The minimum absolute atomic E-state index is 0.0336. The van der Waals surface area contributed by atoms with Crippen LogP contribution in [0.3, 0.4) is 0 Å². The molecule has 2 atom stereocenters. The highest BCUT2D eigenvalue weighted by atomic mass is 19.3. The molecule has 2 rings (SSSR count). The van der Waals surface area contributed by atoms with Crippen molar-refractivity contribution >= 4 is 5.91 Å². The number of rotatable bonds is 3. The fourth-order valence-corrected chi connectivity index (χ4v) is 1.93. The van der Waals surface area contributed by atoms with E-state index in [0.29, 0.717) is 13.2 Å². The highest BCUT2D eigenvalue weighted by molar-refractivity contribution is 5.82. The Hall–Kier alpha value is -0.710. The average Bonchev–Trinajstić information content (AvgIpc) is 2.63. The zero-order chi connectivity index (χ0) is 11.1. The summed E-state index contributed by atoms with van der Waals surface area (Å²) in [5, 5.41) is 0. The first kappa shape index (κ1) is 10.8. The lowest BCUT2D eigenvalue weighted by Crippen LogP contribution is -2.36. The number of alkyl halides is 2. The van der Waals surface area contributed by atoms with Crippen LogP contribution in [0.4, 0.5) is 8.78 Å². The summed E-state index contributed by atoms with van der Waals surface area (Å²) in [6.45, 7) is 1.15. The van der Waals surface area contributed by atoms with Gasteiger partial charge in [0.15, 0.2) is 0 Å². The lowest BCUT2D eigenvalue weighted by Gasteiger charge is -2.20. The normalized spacial score (nSPS) is 32.7. The Morgan fingerprint density at radius 3 is 2.73 bits per heavy atom. The third kappa shape index (κ3) is 2.27. The van der Waals surface area contributed by atoms with Gasteiger partial charge in [-0.3, -0.25) is 4.79 Å². The lowest BCUT2D eigenvalue weighted by atomic mass is 10.2. The highest BCUT2D eigenvalue weighted by Crippen LogP contribution is 2.49. The molecule has 2 aliphatic rings. The summed E-state index contributed by atoms with van der Waals surface area (Å²) in [5.74, 6) is -4.29. The second-order valence-corrected chi connectivity index (χ2v) is 4.37. The monoisotopic (exact) mass is 219 g/mol. The Morgan fingerprint density at radius 1 is 1.60 bits per heavy atom. The van der Waals surface area contributed by atoms with Crippen LogP contribution < -0.4 is 0 Å². The molecule has 0 aromatic heterocycles. The molecule has 0 unspecified atom stereocenters. The molecule has 5 heteroatoms. The van der Waals surface area contributed by atoms with Gasteiger partial charge in [-0.2, -0.15) is 0 Å². The number of hydrogen-bond acceptors (Lipinski definition) is 2. The lowest BCUT2D eigenvalue weighted by molar-refractivity contribution is -0.134. The number of halogens is 2. The first-order chi connectivity index (χ1) is 7.00. The fourth-order valence-electron chi connectivity index (χ4n) is 1.93. The van der Waals surface area contributed by atoms with E-state index in [0.717, 1.165) is 12.8 Å². The standard InChI is InChI=1S/C10H15F2NO2/c1-13(6-7-3-2-4-15-7)9(14)8-5-10(8,11)12/h7-8H,2-6H2,1H3/t7-,8+/m0/s1. The molecule has 0 aromatic carbocycles. The van der Waals surface area contributed by atoms with E-state index in [2.05, 4.69) is 0 Å². The van der Waals surface area contributed by atoms with E-state index >= 15 is 0 Å². The van der Waals surface area contributed by atoms with Crippen LogP contribution in [-0.2, 0) is 9.53 Å². The van der Waals surface area contributed by atoms with Gasteiger partial charge in [-0.1, -0.05) is 0 Å². The van der Waals surface area contributed by atoms with Gasteiger partial charge in [0.25, 0.3) is 5.92 Å². The maximum Gasteiger partial charge on any atom is 0.260 e. The van der Waals surface area contributed by atoms with Gasteiger partial charge < -0.3 is 9.64 Å². The van der Waals surface area contributed by atoms with Crippen LogP contribution in [0.2, 0.25) is 0 Å². The first-order valence-electron chi connectivity index (χ1n) is 5.25. The van der Waals surface area contributed by atoms with Crippen molar-refractivity contribution in [2.45, 2.75) is 31.3 Å². The van der Waals surface area contributed by atoms with Gasteiger partial charge in [0.1, 0.15) is 5.92 Å². The molecule has 0 spiro atoms. The maximum atomic E-state index is 12.6. The van der Waals surface area contributed by atoms with E-state index in [1.165, 1.54) is 4.90 Å². The van der Waals surface area contributed by atoms with Crippen LogP contribution in [0.5, 0.6) is 0 Å². The predicted octanol–water partition coefficient (Wildman–Crippen LogP) is 1.28. The summed E-state index contributed by atoms with van der Waals surface area (Å²) in [6, 6.07) is 0. The van der Waals surface area contributed by atoms with Crippen LogP contribution in [-0.4, -0.2) is 43.0 Å². The number of amides is 1. The van der Waals surface area contributed by atoms with Crippen molar-refractivity contribution in [3.8, 4) is 0 Å². The van der Waals surface area contributed by atoms with Gasteiger partial charge in [-0.05, 0) is 12.8 Å². The molecule has 2 fully saturated rings. The summed E-state index contributed by atoms with van der Waals surface area (Å²) < 4.78 is 30.6. The van der Waals surface area contributed by atoms with Crippen molar-refractivity contribution in [3.05, 3.63) is 0 Å². The number of carbonyl (C=O) groups is 1. The van der Waals surface area contributed by atoms with Gasteiger partial charge in [-0.25, -0.2) is 8.78 Å². The van der Waals surface area contributed by atoms with Gasteiger partial charge in [-0.15, -0.1) is 0 Å². The van der Waals surface area contributed by atoms with E-state index in [9.17, 15) is 13.6 Å². The molecule has 1 saturated heterocycles. The van der Waals surface area contributed by atoms with Gasteiger partial charge in [0.2, 0.25) is 5.91 Å². The van der Waals surface area contributed by atoms with E-state index in [1.54, 1.807) is 7.05 Å². The van der Waals surface area contributed by atoms with Gasteiger partial charge >= 0.3 is 0 Å². The fraction of sp³-hybridized carbons (Fsp3) is 0.900. The zero-order valence-electron chi connectivity index (χ0n) is 8.71. The summed E-state index contributed by atoms with van der Waals surface area (Å²) in [6.07, 6.45) is 1.65. The summed E-state index contributed by atoms with van der Waals surface area (Å²) in [5.41, 5.74) is 0. The molecule has 3 nitrogen and oxygen atoms in total. The average molecular weight is 219 g/mol. The molecule has 1 aliphatic heterocycles. The smallest absolute Gasteiger partial charge is 0.260 e. The molecule has 1 saturated carbocycles. The Labute approximate surface area is 87.4 Å². The number of likely N-dealkylation sites (N-methyl/N-ethyl adjacent to an activating group) is 1. The molecule has 0 radical (unpaired) electrons. The Balaban J connectivity index is 1.80. The second-order valence-electron chi connectivity index (χ2n) is 4.37. The van der Waals surface area contributed by atoms with E-state index < -0.39 is 17.7 Å². The molecule has 0 aromatic rings. The van der Waals surface area contributed by atoms with E-state index in [1.807, 2.05) is 0 Å². The van der Waals surface area contributed by atoms with Crippen LogP contribution >= 0.6 is 0 Å². The quantitative estimate of drug-likeness (QED) is 0.715. The van der Waals surface area contributed by atoms with E-state index in [4.69, 9.17) is 4.74 Å². The third-order valence-corrected chi connectivity index (χ3v) is 3.00. The SMILES string of the molecule is CN(C[C@@H]1CCCO1)C(=O)[C@H]1CC1(F)F. The third-order valence-electron chi connectivity index (χ3n) is 3.00. The Kier molecular flexibility index (Phi) is 2.66. The molecule has 0 N–H and O–H groups in total. The topological polar surface area (TPSA) is 29.5 Å². The molecule has 1 amide bonds. The minimum atomic E-state index is -2.76. The van der Waals surface area contributed by atoms with Crippen LogP contribution in [0.25, 0.3) is 0 Å². The first-order valence-corrected chi connectivity index (χ1v) is 5.25. The van der Waals surface area contributed by atoms with Gasteiger partial charge in [0, 0.05) is 26.6 Å². The summed E-state index contributed by atoms with van der Waals surface area (Å²) in [7, 11) is 1.57. The largest absolute Gasteiger partial charge is 0.376 e. The minimum Gasteiger partial charge on any atom is -0.376 e. The number of nitrogens with zero attached hydrogens (tertiary/aromatic N) is 1. The van der Waals surface area contributed by atoms with Crippen molar-refractivity contribution in [2.24, 2.45) is 5.92 Å². The summed E-state index contributed by atoms with van der Waals surface area (Å²) >= 11 is 0. The molecular weight excluding hydrogens is 204 g/mol. The maximum absolute atomic E-state index is 12.6. The van der Waals surface area contributed by atoms with E-state index in [-0.39, 0.29) is 12.5 Å². The molecule has 86 valence electrons. The highest BCUT2D eigenvalue weighted by Gasteiger charge is 2.62.